The molecule has 0 atom stereocenters. The Balaban J connectivity index is 1.36. The van der Waals surface area contributed by atoms with Gasteiger partial charge in [0.15, 0.2) is 6.29 Å². The van der Waals surface area contributed by atoms with Crippen LogP contribution in [0.5, 0.6) is 0 Å². The van der Waals surface area contributed by atoms with Gasteiger partial charge < -0.3 is 19.0 Å². The molecule has 9 heteroatoms. The van der Waals surface area contributed by atoms with Crippen molar-refractivity contribution in [3.05, 3.63) is 35.9 Å². The van der Waals surface area contributed by atoms with Crippen molar-refractivity contribution in [3.63, 3.8) is 0 Å². The average molecular weight is 377 g/mol. The standard InChI is InChI=1S/C18H19NO8/c20-14-6-7-15(21)19(14)27-17(23)9-8-16(22)26-13-10-24-18(25-11-13)12-4-2-1-3-5-12/h1-5,13,18H,6-11H2/t13-,18+. The van der Waals surface area contributed by atoms with Crippen LogP contribution in [0.15, 0.2) is 30.3 Å². The van der Waals surface area contributed by atoms with Gasteiger partial charge >= 0.3 is 11.9 Å². The van der Waals surface area contributed by atoms with Crippen molar-refractivity contribution >= 4 is 23.8 Å². The lowest BCUT2D eigenvalue weighted by atomic mass is 10.2. The fourth-order valence-corrected chi connectivity index (χ4v) is 2.61. The van der Waals surface area contributed by atoms with Crippen molar-refractivity contribution in [2.24, 2.45) is 0 Å². The summed E-state index contributed by atoms with van der Waals surface area (Å²) < 4.78 is 16.3. The highest BCUT2D eigenvalue weighted by Crippen LogP contribution is 2.23. The fourth-order valence-electron chi connectivity index (χ4n) is 2.61. The number of carbonyl (C=O) groups is 4. The number of ether oxygens (including phenoxy) is 3. The molecule has 0 saturated carbocycles. The Bertz CT molecular complexity index is 695. The van der Waals surface area contributed by atoms with Crippen molar-refractivity contribution in [1.29, 1.82) is 0 Å². The molecule has 2 fully saturated rings. The van der Waals surface area contributed by atoms with Gasteiger partial charge in [-0.05, 0) is 0 Å². The number of benzene rings is 1. The van der Waals surface area contributed by atoms with Crippen molar-refractivity contribution in [2.75, 3.05) is 13.2 Å². The number of hydrogen-bond acceptors (Lipinski definition) is 8. The maximum absolute atomic E-state index is 11.8. The van der Waals surface area contributed by atoms with Crippen LogP contribution in [0.25, 0.3) is 0 Å². The van der Waals surface area contributed by atoms with Crippen LogP contribution in [-0.2, 0) is 38.2 Å². The summed E-state index contributed by atoms with van der Waals surface area (Å²) >= 11 is 0. The minimum absolute atomic E-state index is 0.0137. The van der Waals surface area contributed by atoms with Crippen LogP contribution in [0.3, 0.4) is 0 Å². The quantitative estimate of drug-likeness (QED) is 0.534. The molecule has 0 unspecified atom stereocenters. The molecular weight excluding hydrogens is 358 g/mol. The summed E-state index contributed by atoms with van der Waals surface area (Å²) in [5.41, 5.74) is 0.871. The summed E-state index contributed by atoms with van der Waals surface area (Å²) in [6.45, 7) is 0.346. The van der Waals surface area contributed by atoms with Crippen LogP contribution in [0, 0.1) is 0 Å². The van der Waals surface area contributed by atoms with Crippen LogP contribution in [-0.4, -0.2) is 48.1 Å². The van der Waals surface area contributed by atoms with Crippen LogP contribution in [0.2, 0.25) is 0 Å². The Morgan fingerprint density at radius 1 is 0.963 bits per heavy atom. The lowest BCUT2D eigenvalue weighted by molar-refractivity contribution is -0.229. The highest BCUT2D eigenvalue weighted by Gasteiger charge is 2.33. The van der Waals surface area contributed by atoms with Crippen molar-refractivity contribution in [1.82, 2.24) is 5.06 Å². The summed E-state index contributed by atoms with van der Waals surface area (Å²) in [6, 6.07) is 9.38. The molecule has 2 aliphatic rings. The van der Waals surface area contributed by atoms with E-state index in [0.717, 1.165) is 5.56 Å². The van der Waals surface area contributed by atoms with Gasteiger partial charge in [-0.1, -0.05) is 30.3 Å². The van der Waals surface area contributed by atoms with Crippen molar-refractivity contribution < 1.29 is 38.2 Å². The number of amides is 2. The highest BCUT2D eigenvalue weighted by atomic mass is 16.7. The lowest BCUT2D eigenvalue weighted by Gasteiger charge is -2.29. The van der Waals surface area contributed by atoms with Gasteiger partial charge in [0, 0.05) is 18.4 Å². The van der Waals surface area contributed by atoms with E-state index in [4.69, 9.17) is 14.2 Å². The molecule has 1 aromatic carbocycles. The summed E-state index contributed by atoms with van der Waals surface area (Å²) in [6.07, 6.45) is -1.61. The molecule has 27 heavy (non-hydrogen) atoms. The van der Waals surface area contributed by atoms with Crippen molar-refractivity contribution in [2.45, 2.75) is 38.1 Å². The first-order valence-corrected chi connectivity index (χ1v) is 8.57. The smallest absolute Gasteiger partial charge is 0.333 e. The summed E-state index contributed by atoms with van der Waals surface area (Å²) in [4.78, 5) is 50.9. The van der Waals surface area contributed by atoms with E-state index in [2.05, 4.69) is 4.84 Å². The van der Waals surface area contributed by atoms with Gasteiger partial charge in [-0.2, -0.15) is 0 Å². The predicted octanol–water partition coefficient (Wildman–Crippen LogP) is 1.03. The summed E-state index contributed by atoms with van der Waals surface area (Å²) in [5.74, 6) is -2.61. The molecule has 2 aliphatic heterocycles. The van der Waals surface area contributed by atoms with E-state index < -0.39 is 36.1 Å². The topological polar surface area (TPSA) is 108 Å². The molecule has 1 aromatic rings. The Labute approximate surface area is 155 Å². The zero-order valence-corrected chi connectivity index (χ0v) is 14.5. The molecule has 2 heterocycles. The monoisotopic (exact) mass is 377 g/mol. The largest absolute Gasteiger partial charge is 0.457 e. The number of esters is 1. The maximum Gasteiger partial charge on any atom is 0.333 e. The van der Waals surface area contributed by atoms with Crippen LogP contribution in [0.1, 0.15) is 37.5 Å². The Morgan fingerprint density at radius 2 is 1.56 bits per heavy atom. The SMILES string of the molecule is O=C(CCC(=O)O[C@H]1CO[C@@H](c2ccccc2)OC1)ON1C(=O)CCC1=O. The molecule has 2 amide bonds. The van der Waals surface area contributed by atoms with Gasteiger partial charge in [-0.25, -0.2) is 4.79 Å². The first-order valence-electron chi connectivity index (χ1n) is 8.57. The molecule has 144 valence electrons. The average Bonchev–Trinajstić information content (AvgIpc) is 3.00. The number of nitrogens with zero attached hydrogens (tertiary/aromatic N) is 1. The zero-order valence-electron chi connectivity index (χ0n) is 14.5. The third kappa shape index (κ3) is 5.11. The van der Waals surface area contributed by atoms with Gasteiger partial charge in [0.05, 0.1) is 26.1 Å². The van der Waals surface area contributed by atoms with Gasteiger partial charge in [-0.15, -0.1) is 5.06 Å². The van der Waals surface area contributed by atoms with E-state index >= 15 is 0 Å². The second-order valence-corrected chi connectivity index (χ2v) is 6.07. The van der Waals surface area contributed by atoms with Crippen LogP contribution in [0.4, 0.5) is 0 Å². The molecular formula is C18H19NO8. The van der Waals surface area contributed by atoms with E-state index in [-0.39, 0.29) is 38.9 Å². The fraction of sp³-hybridized carbons (Fsp3) is 0.444. The normalized spacial score (nSPS) is 22.6. The molecule has 2 saturated heterocycles. The highest BCUT2D eigenvalue weighted by molar-refractivity contribution is 6.01. The zero-order chi connectivity index (χ0) is 19.2. The molecule has 3 rings (SSSR count). The molecule has 0 N–H and O–H groups in total. The number of carbonyl (C=O) groups excluding carboxylic acids is 4. The lowest BCUT2D eigenvalue weighted by Crippen LogP contribution is -2.35. The van der Waals surface area contributed by atoms with E-state index in [1.165, 1.54) is 0 Å². The Kier molecular flexibility index (Phi) is 6.15. The first-order chi connectivity index (χ1) is 13.0. The Hall–Kier alpha value is -2.78. The third-order valence-corrected chi connectivity index (χ3v) is 3.97. The van der Waals surface area contributed by atoms with Crippen molar-refractivity contribution in [3.8, 4) is 0 Å². The van der Waals surface area contributed by atoms with Gasteiger partial charge in [-0.3, -0.25) is 14.4 Å². The second kappa shape index (κ2) is 8.74. The molecule has 0 spiro atoms. The molecule has 0 radical (unpaired) electrons. The molecule has 9 nitrogen and oxygen atoms in total. The van der Waals surface area contributed by atoms with Crippen LogP contribution < -0.4 is 0 Å². The van der Waals surface area contributed by atoms with E-state index in [0.29, 0.717) is 5.06 Å². The van der Waals surface area contributed by atoms with Gasteiger partial charge in [0.25, 0.3) is 11.8 Å². The predicted molar refractivity (Wildman–Crippen MR) is 87.4 cm³/mol. The molecule has 0 bridgehead atoms. The number of rotatable bonds is 6. The van der Waals surface area contributed by atoms with Gasteiger partial charge in [0.2, 0.25) is 0 Å². The van der Waals surface area contributed by atoms with E-state index in [1.54, 1.807) is 0 Å². The number of hydroxylamine groups is 2. The number of hydrogen-bond donors (Lipinski definition) is 0. The van der Waals surface area contributed by atoms with Crippen LogP contribution >= 0.6 is 0 Å². The molecule has 0 aliphatic carbocycles. The third-order valence-electron chi connectivity index (χ3n) is 3.97. The maximum atomic E-state index is 11.8. The summed E-state index contributed by atoms with van der Waals surface area (Å²) in [7, 11) is 0. The summed E-state index contributed by atoms with van der Waals surface area (Å²) in [5, 5.41) is 0.445. The minimum Gasteiger partial charge on any atom is -0.457 e. The minimum atomic E-state index is -0.851. The Morgan fingerprint density at radius 3 is 2.19 bits per heavy atom. The van der Waals surface area contributed by atoms with E-state index in [1.807, 2.05) is 30.3 Å². The van der Waals surface area contributed by atoms with Gasteiger partial charge in [0.1, 0.15) is 6.10 Å². The van der Waals surface area contributed by atoms with E-state index in [9.17, 15) is 19.2 Å². The molecule has 0 aromatic heterocycles. The first kappa shape index (κ1) is 19.0. The number of imide groups is 1. The second-order valence-electron chi connectivity index (χ2n) is 6.07.